The zero-order chi connectivity index (χ0) is 22.5. The van der Waals surface area contributed by atoms with E-state index in [2.05, 4.69) is 53.4 Å². The van der Waals surface area contributed by atoms with Crippen molar-refractivity contribution in [1.82, 2.24) is 9.97 Å². The molecule has 2 aromatic heterocycles. The Morgan fingerprint density at radius 3 is 2.47 bits per heavy atom. The van der Waals surface area contributed by atoms with Crippen molar-refractivity contribution >= 4 is 28.1 Å². The van der Waals surface area contributed by atoms with Crippen LogP contribution in [0.25, 0.3) is 22.0 Å². The summed E-state index contributed by atoms with van der Waals surface area (Å²) in [5.74, 6) is 0.0712. The SMILES string of the molecule is CCCCc1ccc(-c2cc3c(Nc4ccccc4)c(C(=O)CC)cnc3cc2C)cn1. The van der Waals surface area contributed by atoms with E-state index >= 15 is 0 Å². The summed E-state index contributed by atoms with van der Waals surface area (Å²) in [5, 5.41) is 4.42. The molecule has 0 atom stereocenters. The number of hydrogen-bond acceptors (Lipinski definition) is 4. The summed E-state index contributed by atoms with van der Waals surface area (Å²) in [5.41, 5.74) is 7.66. The second-order valence-corrected chi connectivity index (χ2v) is 8.14. The lowest BCUT2D eigenvalue weighted by molar-refractivity contribution is 0.0989. The van der Waals surface area contributed by atoms with Gasteiger partial charge >= 0.3 is 0 Å². The predicted molar refractivity (Wildman–Crippen MR) is 133 cm³/mol. The molecule has 32 heavy (non-hydrogen) atoms. The van der Waals surface area contributed by atoms with Gasteiger partial charge in [-0.2, -0.15) is 0 Å². The molecule has 0 saturated heterocycles. The molecule has 4 rings (SSSR count). The van der Waals surface area contributed by atoms with Crippen molar-refractivity contribution in [3.63, 3.8) is 0 Å². The van der Waals surface area contributed by atoms with E-state index in [0.29, 0.717) is 12.0 Å². The minimum atomic E-state index is 0.0712. The molecule has 2 heterocycles. The molecule has 0 fully saturated rings. The Kier molecular flexibility index (Phi) is 6.60. The third-order valence-corrected chi connectivity index (χ3v) is 5.80. The number of ketones is 1. The Morgan fingerprint density at radius 1 is 0.969 bits per heavy atom. The van der Waals surface area contributed by atoms with Crippen molar-refractivity contribution in [2.24, 2.45) is 0 Å². The Balaban J connectivity index is 1.84. The maximum absolute atomic E-state index is 12.7. The summed E-state index contributed by atoms with van der Waals surface area (Å²) < 4.78 is 0. The van der Waals surface area contributed by atoms with Crippen molar-refractivity contribution in [2.75, 3.05) is 5.32 Å². The number of carbonyl (C=O) groups excluding carboxylic acids is 1. The molecule has 0 saturated carbocycles. The topological polar surface area (TPSA) is 54.9 Å². The van der Waals surface area contributed by atoms with Crippen LogP contribution >= 0.6 is 0 Å². The summed E-state index contributed by atoms with van der Waals surface area (Å²) in [4.78, 5) is 22.0. The molecular formula is C28H29N3O. The van der Waals surface area contributed by atoms with Crippen LogP contribution in [0.4, 0.5) is 11.4 Å². The molecule has 0 aliphatic heterocycles. The maximum Gasteiger partial charge on any atom is 0.166 e. The van der Waals surface area contributed by atoms with Crippen LogP contribution in [0.1, 0.15) is 54.7 Å². The quantitative estimate of drug-likeness (QED) is 0.302. The van der Waals surface area contributed by atoms with Gasteiger partial charge in [0, 0.05) is 41.1 Å². The van der Waals surface area contributed by atoms with Gasteiger partial charge < -0.3 is 5.32 Å². The second kappa shape index (κ2) is 9.73. The number of nitrogens with zero attached hydrogens (tertiary/aromatic N) is 2. The zero-order valence-corrected chi connectivity index (χ0v) is 19.0. The maximum atomic E-state index is 12.7. The number of nitrogens with one attached hydrogen (secondary N) is 1. The first-order valence-corrected chi connectivity index (χ1v) is 11.3. The number of benzene rings is 2. The molecule has 0 bridgehead atoms. The highest BCUT2D eigenvalue weighted by atomic mass is 16.1. The Morgan fingerprint density at radius 2 is 1.78 bits per heavy atom. The van der Waals surface area contributed by atoms with E-state index in [1.54, 1.807) is 6.20 Å². The smallest absolute Gasteiger partial charge is 0.166 e. The van der Waals surface area contributed by atoms with Gasteiger partial charge in [0.15, 0.2) is 5.78 Å². The van der Waals surface area contributed by atoms with Crippen LogP contribution in [0.15, 0.2) is 67.0 Å². The normalized spacial score (nSPS) is 11.0. The Labute approximate surface area is 189 Å². The lowest BCUT2D eigenvalue weighted by Crippen LogP contribution is -2.05. The molecule has 2 aromatic carbocycles. The van der Waals surface area contributed by atoms with Crippen LogP contribution in [-0.4, -0.2) is 15.8 Å². The van der Waals surface area contributed by atoms with Gasteiger partial charge in [0.25, 0.3) is 0 Å². The summed E-state index contributed by atoms with van der Waals surface area (Å²) in [6.45, 7) is 6.17. The van der Waals surface area contributed by atoms with Crippen molar-refractivity contribution in [3.8, 4) is 11.1 Å². The number of fused-ring (bicyclic) bond motifs is 1. The van der Waals surface area contributed by atoms with Gasteiger partial charge in [0.05, 0.1) is 16.8 Å². The van der Waals surface area contributed by atoms with Crippen molar-refractivity contribution in [3.05, 3.63) is 83.8 Å². The van der Waals surface area contributed by atoms with Crippen molar-refractivity contribution in [2.45, 2.75) is 46.5 Å². The number of carbonyl (C=O) groups is 1. The highest BCUT2D eigenvalue weighted by Gasteiger charge is 2.16. The minimum Gasteiger partial charge on any atom is -0.354 e. The number of rotatable bonds is 8. The molecule has 4 aromatic rings. The summed E-state index contributed by atoms with van der Waals surface area (Å²) >= 11 is 0. The van der Waals surface area contributed by atoms with E-state index in [4.69, 9.17) is 0 Å². The molecule has 4 nitrogen and oxygen atoms in total. The largest absolute Gasteiger partial charge is 0.354 e. The van der Waals surface area contributed by atoms with Crippen molar-refractivity contribution < 1.29 is 4.79 Å². The van der Waals surface area contributed by atoms with Crippen LogP contribution in [0.5, 0.6) is 0 Å². The number of hydrogen-bond donors (Lipinski definition) is 1. The lowest BCUT2D eigenvalue weighted by atomic mass is 9.96. The minimum absolute atomic E-state index is 0.0712. The standard InChI is InChI=1S/C28H29N3O/c1-4-6-10-21-14-13-20(17-29-21)23-16-24-26(15-19(23)3)30-18-25(27(32)5-2)28(24)31-22-11-8-7-9-12-22/h7-9,11-18H,4-6,10H2,1-3H3,(H,30,31). The molecule has 0 spiro atoms. The summed E-state index contributed by atoms with van der Waals surface area (Å²) in [6, 6.07) is 18.4. The average Bonchev–Trinajstić information content (AvgIpc) is 2.83. The Bertz CT molecular complexity index is 1230. The summed E-state index contributed by atoms with van der Waals surface area (Å²) in [7, 11) is 0. The molecule has 0 radical (unpaired) electrons. The number of aryl methyl sites for hydroxylation is 2. The molecule has 1 N–H and O–H groups in total. The first kappa shape index (κ1) is 21.7. The van der Waals surface area contributed by atoms with Gasteiger partial charge in [0.2, 0.25) is 0 Å². The van der Waals surface area contributed by atoms with E-state index < -0.39 is 0 Å². The number of Topliss-reactive ketones (excluding diaryl/α,β-unsaturated/α-hetero) is 1. The van der Waals surface area contributed by atoms with Gasteiger partial charge in [0.1, 0.15) is 0 Å². The van der Waals surface area contributed by atoms with Gasteiger partial charge in [-0.1, -0.05) is 44.5 Å². The van der Waals surface area contributed by atoms with E-state index in [1.165, 1.54) is 0 Å². The number of pyridine rings is 2. The number of anilines is 2. The molecule has 0 aliphatic rings. The van der Waals surface area contributed by atoms with E-state index in [9.17, 15) is 4.79 Å². The number of unbranched alkanes of at least 4 members (excludes halogenated alkanes) is 1. The molecule has 0 unspecified atom stereocenters. The monoisotopic (exact) mass is 423 g/mol. The number of aromatic nitrogens is 2. The van der Waals surface area contributed by atoms with Gasteiger partial charge in [-0.3, -0.25) is 14.8 Å². The second-order valence-electron chi connectivity index (χ2n) is 8.14. The number of para-hydroxylation sites is 1. The van der Waals surface area contributed by atoms with Crippen LogP contribution < -0.4 is 5.32 Å². The molecule has 162 valence electrons. The van der Waals surface area contributed by atoms with Gasteiger partial charge in [-0.25, -0.2) is 0 Å². The fourth-order valence-electron chi connectivity index (χ4n) is 3.95. The fourth-order valence-corrected chi connectivity index (χ4v) is 3.95. The average molecular weight is 424 g/mol. The van der Waals surface area contributed by atoms with Crippen molar-refractivity contribution in [1.29, 1.82) is 0 Å². The first-order chi connectivity index (χ1) is 15.6. The molecule has 0 aliphatic carbocycles. The lowest BCUT2D eigenvalue weighted by Gasteiger charge is -2.16. The summed E-state index contributed by atoms with van der Waals surface area (Å²) in [6.07, 6.45) is 7.40. The third-order valence-electron chi connectivity index (χ3n) is 5.80. The zero-order valence-electron chi connectivity index (χ0n) is 19.0. The fraction of sp³-hybridized carbons (Fsp3) is 0.250. The van der Waals surface area contributed by atoms with Crippen LogP contribution in [0, 0.1) is 6.92 Å². The van der Waals surface area contributed by atoms with Crippen LogP contribution in [-0.2, 0) is 6.42 Å². The van der Waals surface area contributed by atoms with E-state index in [0.717, 1.165) is 63.9 Å². The highest BCUT2D eigenvalue weighted by molar-refractivity contribution is 6.09. The van der Waals surface area contributed by atoms with Crippen LogP contribution in [0.2, 0.25) is 0 Å². The van der Waals surface area contributed by atoms with Gasteiger partial charge in [-0.15, -0.1) is 0 Å². The first-order valence-electron chi connectivity index (χ1n) is 11.3. The Hall–Kier alpha value is -3.53. The predicted octanol–water partition coefficient (Wildman–Crippen LogP) is 7.28. The molecular weight excluding hydrogens is 394 g/mol. The van der Waals surface area contributed by atoms with E-state index in [-0.39, 0.29) is 5.78 Å². The highest BCUT2D eigenvalue weighted by Crippen LogP contribution is 2.35. The third kappa shape index (κ3) is 4.54. The van der Waals surface area contributed by atoms with Gasteiger partial charge in [-0.05, 0) is 61.2 Å². The molecule has 4 heteroatoms. The van der Waals surface area contributed by atoms with E-state index in [1.807, 2.05) is 43.5 Å². The van der Waals surface area contributed by atoms with Crippen LogP contribution in [0.3, 0.4) is 0 Å². The molecule has 0 amide bonds.